The second-order valence-electron chi connectivity index (χ2n) is 17.2. The Morgan fingerprint density at radius 2 is 0.867 bits per heavy atom. The first kappa shape index (κ1) is 57.3. The van der Waals surface area contributed by atoms with Gasteiger partial charge in [0.1, 0.15) is 12.1 Å². The first-order valence-electron chi connectivity index (χ1n) is 25.5. The number of amides is 1. The number of aliphatic carboxylic acids is 1. The smallest absolute Gasteiger partial charge is 0.326 e. The number of carbonyl (C=O) groups is 3. The molecule has 348 valence electrons. The van der Waals surface area contributed by atoms with Crippen LogP contribution in [0.1, 0.15) is 251 Å². The van der Waals surface area contributed by atoms with Gasteiger partial charge in [-0.2, -0.15) is 0 Å². The topological polar surface area (TPSA) is 119 Å². The van der Waals surface area contributed by atoms with Crippen LogP contribution in [0.3, 0.4) is 0 Å². The Hall–Kier alpha value is -2.67. The average molecular weight is 841 g/mol. The number of nitrogens with one attached hydrogen (secondary N) is 1. The number of ether oxygens (including phenoxy) is 1. The number of esters is 1. The van der Waals surface area contributed by atoms with Crippen LogP contribution in [0.4, 0.5) is 0 Å². The van der Waals surface area contributed by atoms with Crippen LogP contribution in [-0.4, -0.2) is 41.6 Å². The van der Waals surface area contributed by atoms with Crippen LogP contribution in [0.5, 0.6) is 0 Å². The molecule has 0 saturated heterocycles. The van der Waals surface area contributed by atoms with Crippen molar-refractivity contribution in [3.63, 3.8) is 0 Å². The van der Waals surface area contributed by atoms with Gasteiger partial charge < -0.3 is 20.9 Å². The molecule has 0 heterocycles. The van der Waals surface area contributed by atoms with Crippen molar-refractivity contribution in [2.75, 3.05) is 6.54 Å². The molecule has 1 amide bonds. The SMILES string of the molecule is CCCCC/C=C\C/C=C\C/C=C\CCCCCCCCC(=O)OC(CCCCC/C=C\CCCCCCCCCC)CCCCCCCC(=O)NC(CCCN)C(=O)O. The molecule has 2 unspecified atom stereocenters. The Balaban J connectivity index is 4.35. The van der Waals surface area contributed by atoms with E-state index in [4.69, 9.17) is 10.5 Å². The predicted octanol–water partition coefficient (Wildman–Crippen LogP) is 15.1. The lowest BCUT2D eigenvalue weighted by Gasteiger charge is -2.18. The molecule has 0 rings (SSSR count). The van der Waals surface area contributed by atoms with Crippen LogP contribution in [0.25, 0.3) is 0 Å². The van der Waals surface area contributed by atoms with Crippen molar-refractivity contribution in [2.24, 2.45) is 5.73 Å². The number of hydrogen-bond acceptors (Lipinski definition) is 5. The molecule has 0 aliphatic rings. The largest absolute Gasteiger partial charge is 0.480 e. The van der Waals surface area contributed by atoms with Gasteiger partial charge in [0.25, 0.3) is 0 Å². The Kier molecular flexibility index (Phi) is 45.3. The minimum atomic E-state index is -1.01. The zero-order valence-corrected chi connectivity index (χ0v) is 39.3. The monoisotopic (exact) mass is 841 g/mol. The molecule has 0 spiro atoms. The zero-order chi connectivity index (χ0) is 43.8. The molecule has 0 fully saturated rings. The summed E-state index contributed by atoms with van der Waals surface area (Å²) in [5.41, 5.74) is 5.50. The zero-order valence-electron chi connectivity index (χ0n) is 39.3. The highest BCUT2D eigenvalue weighted by Gasteiger charge is 2.19. The highest BCUT2D eigenvalue weighted by molar-refractivity contribution is 5.83. The minimum Gasteiger partial charge on any atom is -0.480 e. The van der Waals surface area contributed by atoms with Gasteiger partial charge in [0.15, 0.2) is 0 Å². The predicted molar refractivity (Wildman–Crippen MR) is 257 cm³/mol. The molecule has 0 aromatic heterocycles. The van der Waals surface area contributed by atoms with E-state index in [2.05, 4.69) is 67.8 Å². The van der Waals surface area contributed by atoms with Gasteiger partial charge in [0, 0.05) is 12.8 Å². The summed E-state index contributed by atoms with van der Waals surface area (Å²) in [6.07, 6.45) is 58.7. The third kappa shape index (κ3) is 43.4. The summed E-state index contributed by atoms with van der Waals surface area (Å²) in [6, 6.07) is -0.861. The molecular formula is C53H96N2O5. The second-order valence-corrected chi connectivity index (χ2v) is 17.2. The normalized spacial score (nSPS) is 13.0. The van der Waals surface area contributed by atoms with E-state index in [-0.39, 0.29) is 18.0 Å². The number of carbonyl (C=O) groups excluding carboxylic acids is 2. The van der Waals surface area contributed by atoms with Crippen LogP contribution in [0, 0.1) is 0 Å². The third-order valence-corrected chi connectivity index (χ3v) is 11.4. The number of allylic oxidation sites excluding steroid dienone is 8. The highest BCUT2D eigenvalue weighted by Crippen LogP contribution is 2.19. The lowest BCUT2D eigenvalue weighted by atomic mass is 10.0. The Bertz CT molecular complexity index is 1080. The van der Waals surface area contributed by atoms with Crippen LogP contribution in [-0.2, 0) is 19.1 Å². The third-order valence-electron chi connectivity index (χ3n) is 11.4. The van der Waals surface area contributed by atoms with Crippen molar-refractivity contribution in [3.05, 3.63) is 48.6 Å². The molecule has 0 aliphatic carbocycles. The summed E-state index contributed by atoms with van der Waals surface area (Å²) >= 11 is 0. The maximum atomic E-state index is 12.9. The Morgan fingerprint density at radius 3 is 1.37 bits per heavy atom. The van der Waals surface area contributed by atoms with E-state index in [9.17, 15) is 19.5 Å². The molecular weight excluding hydrogens is 745 g/mol. The van der Waals surface area contributed by atoms with Gasteiger partial charge in [0.2, 0.25) is 5.91 Å². The van der Waals surface area contributed by atoms with Gasteiger partial charge in [-0.25, -0.2) is 4.79 Å². The molecule has 60 heavy (non-hydrogen) atoms. The standard InChI is InChI=1S/C53H96N2O5/c1-3-5-7-9-11-13-15-17-19-20-21-22-24-26-28-30-32-37-41-47-52(57)60-49(43-38-34-31-29-27-25-23-18-16-14-12-10-8-6-4-2)44-39-35-33-36-40-46-51(56)55-50(53(58)59)45-42-48-54/h11,13,17,19,21-22,25,27,49-50H,3-10,12,14-16,18,20,23-24,26,28-48,54H2,1-2H3,(H,55,56)(H,58,59)/b13-11-,19-17-,22-21-,27-25-. The molecule has 2 atom stereocenters. The van der Waals surface area contributed by atoms with Crippen molar-refractivity contribution in [1.82, 2.24) is 5.32 Å². The van der Waals surface area contributed by atoms with Crippen molar-refractivity contribution in [3.8, 4) is 0 Å². The number of carboxylic acids is 1. The minimum absolute atomic E-state index is 0.0111. The second kappa shape index (κ2) is 47.4. The maximum absolute atomic E-state index is 12.9. The quantitative estimate of drug-likeness (QED) is 0.0319. The van der Waals surface area contributed by atoms with Crippen molar-refractivity contribution < 1.29 is 24.2 Å². The van der Waals surface area contributed by atoms with Crippen molar-refractivity contribution in [2.45, 2.75) is 264 Å². The molecule has 7 nitrogen and oxygen atoms in total. The number of rotatable bonds is 46. The fraction of sp³-hybridized carbons (Fsp3) is 0.792. The fourth-order valence-electron chi connectivity index (χ4n) is 7.51. The first-order valence-corrected chi connectivity index (χ1v) is 25.5. The summed E-state index contributed by atoms with van der Waals surface area (Å²) in [4.78, 5) is 36.6. The summed E-state index contributed by atoms with van der Waals surface area (Å²) in [5.74, 6) is -1.25. The molecule has 0 bridgehead atoms. The molecule has 4 N–H and O–H groups in total. The number of carboxylic acid groups (broad SMARTS) is 1. The average Bonchev–Trinajstić information content (AvgIpc) is 3.23. The van der Waals surface area contributed by atoms with Gasteiger partial charge in [0.05, 0.1) is 0 Å². The summed E-state index contributed by atoms with van der Waals surface area (Å²) in [7, 11) is 0. The Labute approximate surface area is 370 Å². The molecule has 0 radical (unpaired) electrons. The van der Waals surface area contributed by atoms with Crippen LogP contribution >= 0.6 is 0 Å². The highest BCUT2D eigenvalue weighted by atomic mass is 16.5. The van der Waals surface area contributed by atoms with E-state index >= 15 is 0 Å². The molecule has 7 heteroatoms. The Morgan fingerprint density at radius 1 is 0.483 bits per heavy atom. The van der Waals surface area contributed by atoms with E-state index in [0.717, 1.165) is 96.3 Å². The summed E-state index contributed by atoms with van der Waals surface area (Å²) < 4.78 is 6.07. The first-order chi connectivity index (χ1) is 29.4. The molecule has 0 aliphatic heterocycles. The number of hydrogen-bond donors (Lipinski definition) is 3. The van der Waals surface area contributed by atoms with E-state index in [1.54, 1.807) is 0 Å². The van der Waals surface area contributed by atoms with Gasteiger partial charge in [-0.1, -0.05) is 172 Å². The van der Waals surface area contributed by atoms with E-state index in [1.165, 1.54) is 116 Å². The number of nitrogens with two attached hydrogens (primary N) is 1. The van der Waals surface area contributed by atoms with Crippen LogP contribution < -0.4 is 11.1 Å². The van der Waals surface area contributed by atoms with E-state index < -0.39 is 12.0 Å². The summed E-state index contributed by atoms with van der Waals surface area (Å²) in [5, 5.41) is 12.0. The van der Waals surface area contributed by atoms with Gasteiger partial charge >= 0.3 is 11.9 Å². The van der Waals surface area contributed by atoms with Crippen LogP contribution in [0.15, 0.2) is 48.6 Å². The van der Waals surface area contributed by atoms with E-state index in [1.807, 2.05) is 0 Å². The van der Waals surface area contributed by atoms with Gasteiger partial charge in [-0.3, -0.25) is 9.59 Å². The molecule has 0 saturated carbocycles. The lowest BCUT2D eigenvalue weighted by Crippen LogP contribution is -2.40. The fourth-order valence-corrected chi connectivity index (χ4v) is 7.51. The van der Waals surface area contributed by atoms with Crippen LogP contribution in [0.2, 0.25) is 0 Å². The molecule has 0 aromatic rings. The summed E-state index contributed by atoms with van der Waals surface area (Å²) in [6.45, 7) is 4.93. The van der Waals surface area contributed by atoms with Crippen molar-refractivity contribution >= 4 is 17.8 Å². The number of unbranched alkanes of at least 4 members (excludes halogenated alkanes) is 24. The maximum Gasteiger partial charge on any atom is 0.326 e. The molecule has 0 aromatic carbocycles. The van der Waals surface area contributed by atoms with Crippen molar-refractivity contribution in [1.29, 1.82) is 0 Å². The van der Waals surface area contributed by atoms with E-state index in [0.29, 0.717) is 32.2 Å². The van der Waals surface area contributed by atoms with Gasteiger partial charge in [-0.15, -0.1) is 0 Å². The lowest BCUT2D eigenvalue weighted by molar-refractivity contribution is -0.150. The van der Waals surface area contributed by atoms with Gasteiger partial charge in [-0.05, 0) is 122 Å².